The summed E-state index contributed by atoms with van der Waals surface area (Å²) in [4.78, 5) is 24.9. The van der Waals surface area contributed by atoms with E-state index < -0.39 is 0 Å². The lowest BCUT2D eigenvalue weighted by Crippen LogP contribution is -2.68. The summed E-state index contributed by atoms with van der Waals surface area (Å²) in [5.74, 6) is 3.12. The van der Waals surface area contributed by atoms with E-state index in [-0.39, 0.29) is 0 Å². The van der Waals surface area contributed by atoms with Crippen LogP contribution >= 0.6 is 11.3 Å². The maximum absolute atomic E-state index is 4.77. The van der Waals surface area contributed by atoms with Gasteiger partial charge in [0.2, 0.25) is 0 Å². The van der Waals surface area contributed by atoms with E-state index in [1.54, 1.807) is 11.3 Å². The molecule has 3 fully saturated rings. The fourth-order valence-electron chi connectivity index (χ4n) is 4.87. The van der Waals surface area contributed by atoms with Crippen molar-refractivity contribution in [2.45, 2.75) is 45.8 Å². The molecule has 174 valence electrons. The second-order valence-corrected chi connectivity index (χ2v) is 10.5. The van der Waals surface area contributed by atoms with Gasteiger partial charge in [-0.15, -0.1) is 11.3 Å². The zero-order valence-corrected chi connectivity index (χ0v) is 20.3. The molecule has 3 aliphatic rings. The molecular formula is C24H27N9S. The highest BCUT2D eigenvalue weighted by molar-refractivity contribution is 7.11. The molecule has 3 saturated heterocycles. The summed E-state index contributed by atoms with van der Waals surface area (Å²) in [6, 6.07) is 9.18. The molecule has 2 N–H and O–H groups in total. The predicted molar refractivity (Wildman–Crippen MR) is 133 cm³/mol. The predicted octanol–water partition coefficient (Wildman–Crippen LogP) is 3.85. The largest absolute Gasteiger partial charge is 0.353 e. The minimum absolute atomic E-state index is 0.585. The molecule has 0 aliphatic carbocycles. The van der Waals surface area contributed by atoms with Crippen LogP contribution in [0.25, 0.3) is 11.4 Å². The number of aromatic amines is 1. The van der Waals surface area contributed by atoms with E-state index in [1.165, 1.54) is 11.3 Å². The minimum Gasteiger partial charge on any atom is -0.353 e. The molecule has 0 amide bonds. The van der Waals surface area contributed by atoms with Gasteiger partial charge in [0, 0.05) is 78.1 Å². The molecule has 0 saturated carbocycles. The van der Waals surface area contributed by atoms with Crippen LogP contribution in [0.2, 0.25) is 0 Å². The zero-order chi connectivity index (χ0) is 23.2. The standard InChI is InChI=1S/C24H27N9S/c1-14-6-21(28-22-7-15(2)30-31-22)29-24(27-14)17-4-5-23(26-9-17)32-11-18-8-19(12-32)33(18)13-20-10-25-16(3)34-20/h4-7,9-10,18-19H,8,11-13H2,1-3H3,(H2,27,28,29,30,31). The molecule has 7 rings (SSSR count). The van der Waals surface area contributed by atoms with E-state index in [0.29, 0.717) is 23.7 Å². The van der Waals surface area contributed by atoms with Gasteiger partial charge in [-0.1, -0.05) is 0 Å². The number of aromatic nitrogens is 6. The Morgan fingerprint density at radius 3 is 2.56 bits per heavy atom. The van der Waals surface area contributed by atoms with E-state index in [2.05, 4.69) is 59.3 Å². The van der Waals surface area contributed by atoms with Crippen LogP contribution in [0.15, 0.2) is 36.7 Å². The van der Waals surface area contributed by atoms with Crippen molar-refractivity contribution in [2.75, 3.05) is 23.3 Å². The maximum atomic E-state index is 4.77. The monoisotopic (exact) mass is 473 g/mol. The summed E-state index contributed by atoms with van der Waals surface area (Å²) < 4.78 is 0. The Morgan fingerprint density at radius 2 is 1.88 bits per heavy atom. The molecule has 10 heteroatoms. The number of thiazole rings is 1. The number of piperazine rings is 1. The van der Waals surface area contributed by atoms with E-state index in [9.17, 15) is 0 Å². The third-order valence-electron chi connectivity index (χ3n) is 6.50. The summed E-state index contributed by atoms with van der Waals surface area (Å²) in [6.45, 7) is 9.04. The fraction of sp³-hybridized carbons (Fsp3) is 0.375. The first-order valence-electron chi connectivity index (χ1n) is 11.5. The molecule has 4 aromatic heterocycles. The number of anilines is 3. The lowest BCUT2D eigenvalue weighted by molar-refractivity contribution is -0.00787. The molecular weight excluding hydrogens is 446 g/mol. The van der Waals surface area contributed by atoms with Crippen LogP contribution in [0.3, 0.4) is 0 Å². The topological polar surface area (TPSA) is 98.8 Å². The number of aryl methyl sites for hydroxylation is 3. The lowest BCUT2D eigenvalue weighted by Gasteiger charge is -2.56. The van der Waals surface area contributed by atoms with E-state index in [0.717, 1.165) is 53.2 Å². The number of hydrogen-bond acceptors (Lipinski definition) is 9. The molecule has 0 radical (unpaired) electrons. The first-order chi connectivity index (χ1) is 16.5. The Bertz CT molecular complexity index is 1300. The van der Waals surface area contributed by atoms with Crippen molar-refractivity contribution in [1.82, 2.24) is 35.0 Å². The summed E-state index contributed by atoms with van der Waals surface area (Å²) in [7, 11) is 0. The molecule has 7 heterocycles. The van der Waals surface area contributed by atoms with Crippen molar-refractivity contribution < 1.29 is 0 Å². The summed E-state index contributed by atoms with van der Waals surface area (Å²) in [5.41, 5.74) is 2.78. The van der Waals surface area contributed by atoms with Gasteiger partial charge >= 0.3 is 0 Å². The highest BCUT2D eigenvalue weighted by Crippen LogP contribution is 2.36. The van der Waals surface area contributed by atoms with Crippen molar-refractivity contribution in [1.29, 1.82) is 0 Å². The van der Waals surface area contributed by atoms with Crippen molar-refractivity contribution >= 4 is 28.8 Å². The number of H-pyrrole nitrogens is 1. The number of hydrogen-bond donors (Lipinski definition) is 2. The van der Waals surface area contributed by atoms with Crippen molar-refractivity contribution in [3.05, 3.63) is 57.9 Å². The van der Waals surface area contributed by atoms with E-state index >= 15 is 0 Å². The van der Waals surface area contributed by atoms with E-state index in [1.807, 2.05) is 38.4 Å². The van der Waals surface area contributed by atoms with Crippen LogP contribution in [0, 0.1) is 20.8 Å². The Labute approximate surface area is 202 Å². The zero-order valence-electron chi connectivity index (χ0n) is 19.5. The van der Waals surface area contributed by atoms with Gasteiger partial charge in [0.15, 0.2) is 11.6 Å². The molecule has 2 bridgehead atoms. The number of fused-ring (bicyclic) bond motifs is 2. The molecule has 9 nitrogen and oxygen atoms in total. The minimum atomic E-state index is 0.585. The summed E-state index contributed by atoms with van der Waals surface area (Å²) in [5, 5.41) is 11.5. The lowest BCUT2D eigenvalue weighted by atomic mass is 9.87. The maximum Gasteiger partial charge on any atom is 0.163 e. The second kappa shape index (κ2) is 8.44. The fourth-order valence-corrected chi connectivity index (χ4v) is 5.68. The quantitative estimate of drug-likeness (QED) is 0.436. The Kier molecular flexibility index (Phi) is 5.26. The third-order valence-corrected chi connectivity index (χ3v) is 7.40. The van der Waals surface area contributed by atoms with Gasteiger partial charge in [0.05, 0.1) is 5.01 Å². The average Bonchev–Trinajstić information content (AvgIpc) is 3.44. The third kappa shape index (κ3) is 4.14. The number of nitrogens with one attached hydrogen (secondary N) is 2. The number of pyridine rings is 1. The summed E-state index contributed by atoms with van der Waals surface area (Å²) in [6.07, 6.45) is 5.18. The van der Waals surface area contributed by atoms with Gasteiger partial charge < -0.3 is 10.2 Å². The first-order valence-corrected chi connectivity index (χ1v) is 12.3. The van der Waals surface area contributed by atoms with Gasteiger partial charge in [0.1, 0.15) is 11.6 Å². The molecule has 0 spiro atoms. The second-order valence-electron chi connectivity index (χ2n) is 9.15. The molecule has 4 aromatic rings. The number of piperidine rings is 1. The van der Waals surface area contributed by atoms with Crippen LogP contribution < -0.4 is 10.2 Å². The van der Waals surface area contributed by atoms with Crippen molar-refractivity contribution in [3.63, 3.8) is 0 Å². The SMILES string of the molecule is Cc1cc(Nc2cc(C)[nH]n2)nc(-c2ccc(N3CC4CC(C3)N4Cc3cnc(C)s3)nc2)n1. The molecule has 3 aliphatic heterocycles. The smallest absolute Gasteiger partial charge is 0.163 e. The van der Waals surface area contributed by atoms with Crippen molar-refractivity contribution in [2.24, 2.45) is 0 Å². The van der Waals surface area contributed by atoms with Crippen molar-refractivity contribution in [3.8, 4) is 11.4 Å². The van der Waals surface area contributed by atoms with Crippen LogP contribution in [-0.4, -0.2) is 60.2 Å². The van der Waals surface area contributed by atoms with Gasteiger partial charge in [-0.3, -0.25) is 10.00 Å². The highest BCUT2D eigenvalue weighted by atomic mass is 32.1. The van der Waals surface area contributed by atoms with Gasteiger partial charge in [0.25, 0.3) is 0 Å². The number of rotatable bonds is 6. The average molecular weight is 474 g/mol. The van der Waals surface area contributed by atoms with Gasteiger partial charge in [-0.2, -0.15) is 5.10 Å². The van der Waals surface area contributed by atoms with E-state index in [4.69, 9.17) is 4.98 Å². The van der Waals surface area contributed by atoms with Crippen LogP contribution in [0.5, 0.6) is 0 Å². The first kappa shape index (κ1) is 21.2. The number of nitrogens with zero attached hydrogens (tertiary/aromatic N) is 7. The van der Waals surface area contributed by atoms with Crippen LogP contribution in [-0.2, 0) is 6.54 Å². The molecule has 34 heavy (non-hydrogen) atoms. The molecule has 0 aromatic carbocycles. The molecule has 2 atom stereocenters. The Morgan fingerprint density at radius 1 is 1.03 bits per heavy atom. The van der Waals surface area contributed by atoms with Crippen LogP contribution in [0.1, 0.15) is 27.7 Å². The van der Waals surface area contributed by atoms with Gasteiger partial charge in [-0.25, -0.2) is 19.9 Å². The van der Waals surface area contributed by atoms with Crippen LogP contribution in [0.4, 0.5) is 17.5 Å². The Hall–Kier alpha value is -3.37. The normalized spacial score (nSPS) is 19.8. The van der Waals surface area contributed by atoms with Gasteiger partial charge in [-0.05, 0) is 39.3 Å². The molecule has 2 unspecified atom stereocenters. The summed E-state index contributed by atoms with van der Waals surface area (Å²) >= 11 is 1.80. The highest BCUT2D eigenvalue weighted by Gasteiger charge is 2.44. The Balaban J connectivity index is 1.14.